The monoisotopic (exact) mass is 284 g/mol. The van der Waals surface area contributed by atoms with Gasteiger partial charge in [-0.15, -0.1) is 0 Å². The topological polar surface area (TPSA) is 66.5 Å². The van der Waals surface area contributed by atoms with E-state index in [4.69, 9.17) is 0 Å². The zero-order valence-corrected chi connectivity index (χ0v) is 12.3. The molecule has 0 aliphatic carbocycles. The number of nitrogens with one attached hydrogen (secondary N) is 1. The number of rotatable bonds is 6. The van der Waals surface area contributed by atoms with Crippen molar-refractivity contribution in [2.24, 2.45) is 0 Å². The van der Waals surface area contributed by atoms with Crippen LogP contribution in [0.25, 0.3) is 0 Å². The van der Waals surface area contributed by atoms with Gasteiger partial charge in [0.05, 0.1) is 12.3 Å². The molecule has 0 saturated heterocycles. The Morgan fingerprint density at radius 1 is 1.21 bits per heavy atom. The minimum atomic E-state index is -3.32. The molecular weight excluding hydrogens is 264 g/mol. The summed E-state index contributed by atoms with van der Waals surface area (Å²) >= 11 is 0. The van der Waals surface area contributed by atoms with Crippen LogP contribution in [-0.2, 0) is 21.2 Å². The summed E-state index contributed by atoms with van der Waals surface area (Å²) in [5.41, 5.74) is 1.85. The number of aryl methyl sites for hydroxylation is 1. The molecule has 1 rings (SSSR count). The molecule has 1 N–H and O–H groups in total. The van der Waals surface area contributed by atoms with E-state index in [1.54, 1.807) is 6.92 Å². The van der Waals surface area contributed by atoms with E-state index in [0.29, 0.717) is 5.69 Å². The summed E-state index contributed by atoms with van der Waals surface area (Å²) in [5.74, 6) is -0.356. The number of carbonyl (C=O) groups excluding carboxylic acids is 1. The molecule has 1 aromatic rings. The molecule has 106 valence electrons. The quantitative estimate of drug-likeness (QED) is 0.860. The van der Waals surface area contributed by atoms with Gasteiger partial charge in [-0.3, -0.25) is 4.79 Å². The van der Waals surface area contributed by atoms with E-state index in [-0.39, 0.29) is 18.2 Å². The average Bonchev–Trinajstić information content (AvgIpc) is 2.39. The fourth-order valence-corrected chi connectivity index (χ4v) is 2.30. The molecule has 0 fully saturated rings. The van der Waals surface area contributed by atoms with Crippen LogP contribution in [0.2, 0.25) is 0 Å². The molecule has 0 atom stereocenters. The Morgan fingerprint density at radius 3 is 2.26 bits per heavy atom. The zero-order valence-electron chi connectivity index (χ0n) is 11.5. The van der Waals surface area contributed by atoms with Crippen molar-refractivity contribution in [3.8, 4) is 0 Å². The van der Waals surface area contributed by atoms with Gasteiger partial charge < -0.3 is 5.32 Å². The second kappa shape index (κ2) is 6.68. The Labute approximate surface area is 114 Å². The molecule has 19 heavy (non-hydrogen) atoms. The third kappa shape index (κ3) is 4.65. The zero-order chi connectivity index (χ0) is 14.5. The normalized spacial score (nSPS) is 11.6. The Morgan fingerprint density at radius 2 is 1.79 bits per heavy atom. The molecule has 1 amide bonds. The largest absolute Gasteiger partial charge is 0.325 e. The second-order valence-corrected chi connectivity index (χ2v) is 6.62. The third-order valence-electron chi connectivity index (χ3n) is 2.85. The van der Waals surface area contributed by atoms with Crippen molar-refractivity contribution < 1.29 is 13.2 Å². The lowest BCUT2D eigenvalue weighted by molar-refractivity contribution is -0.116. The van der Waals surface area contributed by atoms with Crippen molar-refractivity contribution in [3.05, 3.63) is 29.8 Å². The van der Waals surface area contributed by atoms with Crippen molar-refractivity contribution in [1.29, 1.82) is 0 Å². The van der Waals surface area contributed by atoms with Gasteiger partial charge in [0.15, 0.2) is 0 Å². The van der Waals surface area contributed by atoms with Crippen molar-refractivity contribution in [2.75, 3.05) is 24.7 Å². The number of hydrogen-bond donors (Lipinski definition) is 1. The fraction of sp³-hybridized carbons (Fsp3) is 0.462. The lowest BCUT2D eigenvalue weighted by Crippen LogP contribution is -2.35. The van der Waals surface area contributed by atoms with Crippen LogP contribution in [0.5, 0.6) is 0 Å². The van der Waals surface area contributed by atoms with Crippen LogP contribution >= 0.6 is 0 Å². The molecule has 0 bridgehead atoms. The van der Waals surface area contributed by atoms with E-state index in [9.17, 15) is 13.2 Å². The molecule has 0 saturated carbocycles. The first kappa shape index (κ1) is 15.7. The number of amides is 1. The summed E-state index contributed by atoms with van der Waals surface area (Å²) in [5, 5.41) is 2.68. The molecule has 0 aromatic heterocycles. The Kier molecular flexibility index (Phi) is 5.50. The van der Waals surface area contributed by atoms with Gasteiger partial charge in [0.2, 0.25) is 15.9 Å². The van der Waals surface area contributed by atoms with E-state index in [1.165, 1.54) is 12.6 Å². The Bertz CT molecular complexity index is 523. The maximum absolute atomic E-state index is 11.7. The predicted molar refractivity (Wildman–Crippen MR) is 76.5 cm³/mol. The van der Waals surface area contributed by atoms with E-state index in [0.717, 1.165) is 10.7 Å². The highest BCUT2D eigenvalue weighted by Crippen LogP contribution is 2.10. The highest BCUT2D eigenvalue weighted by molar-refractivity contribution is 7.89. The Balaban J connectivity index is 2.60. The maximum atomic E-state index is 11.7. The molecular formula is C13H20N2O3S. The number of likely N-dealkylation sites (N-methyl/N-ethyl adjacent to an activating group) is 1. The van der Waals surface area contributed by atoms with Crippen molar-refractivity contribution >= 4 is 21.6 Å². The molecule has 0 spiro atoms. The highest BCUT2D eigenvalue weighted by Gasteiger charge is 2.18. The summed E-state index contributed by atoms with van der Waals surface area (Å²) in [6.07, 6.45) is 0.936. The van der Waals surface area contributed by atoms with Crippen LogP contribution in [0, 0.1) is 0 Å². The minimum absolute atomic E-state index is 0.0119. The van der Waals surface area contributed by atoms with E-state index < -0.39 is 10.0 Å². The summed E-state index contributed by atoms with van der Waals surface area (Å²) < 4.78 is 24.1. The lowest BCUT2D eigenvalue weighted by atomic mass is 10.1. The van der Waals surface area contributed by atoms with Crippen LogP contribution in [0.1, 0.15) is 19.4 Å². The van der Waals surface area contributed by atoms with Gasteiger partial charge in [-0.1, -0.05) is 19.1 Å². The minimum Gasteiger partial charge on any atom is -0.325 e. The smallest absolute Gasteiger partial charge is 0.239 e. The maximum Gasteiger partial charge on any atom is 0.239 e. The average molecular weight is 284 g/mol. The van der Waals surface area contributed by atoms with Crippen LogP contribution in [-0.4, -0.2) is 38.0 Å². The van der Waals surface area contributed by atoms with E-state index in [2.05, 4.69) is 12.2 Å². The van der Waals surface area contributed by atoms with Crippen LogP contribution in [0.3, 0.4) is 0 Å². The fourth-order valence-electron chi connectivity index (χ4n) is 1.55. The first-order valence-corrected chi connectivity index (χ1v) is 7.82. The summed E-state index contributed by atoms with van der Waals surface area (Å²) in [7, 11) is -1.92. The van der Waals surface area contributed by atoms with Crippen molar-refractivity contribution in [3.63, 3.8) is 0 Å². The molecule has 0 heterocycles. The number of nitrogens with zero attached hydrogens (tertiary/aromatic N) is 1. The first-order valence-electron chi connectivity index (χ1n) is 6.21. The van der Waals surface area contributed by atoms with Gasteiger partial charge in [0.1, 0.15) is 0 Å². The van der Waals surface area contributed by atoms with E-state index >= 15 is 0 Å². The predicted octanol–water partition coefficient (Wildman–Crippen LogP) is 1.47. The molecule has 0 aliphatic heterocycles. The summed E-state index contributed by atoms with van der Waals surface area (Å²) in [6.45, 7) is 3.43. The number of hydrogen-bond acceptors (Lipinski definition) is 3. The van der Waals surface area contributed by atoms with Crippen LogP contribution in [0.15, 0.2) is 24.3 Å². The number of benzene rings is 1. The van der Waals surface area contributed by atoms with Gasteiger partial charge >= 0.3 is 0 Å². The van der Waals surface area contributed by atoms with Crippen molar-refractivity contribution in [1.82, 2.24) is 4.31 Å². The molecule has 6 heteroatoms. The van der Waals surface area contributed by atoms with Crippen molar-refractivity contribution in [2.45, 2.75) is 20.3 Å². The Hall–Kier alpha value is -1.40. The molecule has 1 aromatic carbocycles. The molecule has 5 nitrogen and oxygen atoms in total. The second-order valence-electron chi connectivity index (χ2n) is 4.26. The summed E-state index contributed by atoms with van der Waals surface area (Å²) in [4.78, 5) is 11.7. The van der Waals surface area contributed by atoms with Gasteiger partial charge in [-0.05, 0) is 31.0 Å². The third-order valence-corrected chi connectivity index (χ3v) is 4.66. The first-order chi connectivity index (χ1) is 8.89. The van der Waals surface area contributed by atoms with Crippen LogP contribution in [0.4, 0.5) is 5.69 Å². The van der Waals surface area contributed by atoms with Gasteiger partial charge in [-0.25, -0.2) is 8.42 Å². The molecule has 0 radical (unpaired) electrons. The molecule has 0 unspecified atom stereocenters. The lowest BCUT2D eigenvalue weighted by Gasteiger charge is -2.15. The molecule has 0 aliphatic rings. The van der Waals surface area contributed by atoms with Gasteiger partial charge in [-0.2, -0.15) is 4.31 Å². The highest BCUT2D eigenvalue weighted by atomic mass is 32.2. The van der Waals surface area contributed by atoms with Gasteiger partial charge in [0, 0.05) is 12.7 Å². The van der Waals surface area contributed by atoms with E-state index in [1.807, 2.05) is 24.3 Å². The summed E-state index contributed by atoms with van der Waals surface area (Å²) in [6, 6.07) is 7.49. The van der Waals surface area contributed by atoms with Gasteiger partial charge in [0.25, 0.3) is 0 Å². The standard InChI is InChI=1S/C13H20N2O3S/c1-4-11-6-8-12(9-7-11)14-13(16)10-15(3)19(17,18)5-2/h6-9H,4-5,10H2,1-3H3,(H,14,16). The number of sulfonamides is 1. The SMILES string of the molecule is CCc1ccc(NC(=O)CN(C)S(=O)(=O)CC)cc1. The number of anilines is 1. The van der Waals surface area contributed by atoms with Crippen LogP contribution < -0.4 is 5.32 Å². The number of carbonyl (C=O) groups is 1.